The molecule has 6 heteroatoms. The summed E-state index contributed by atoms with van der Waals surface area (Å²) in [5, 5.41) is 3.01. The fraction of sp³-hybridized carbons (Fsp3) is 0.391. The highest BCUT2D eigenvalue weighted by molar-refractivity contribution is 5.95. The van der Waals surface area contributed by atoms with E-state index in [1.165, 1.54) is 0 Å². The van der Waals surface area contributed by atoms with Crippen LogP contribution in [-0.2, 0) is 4.79 Å². The molecule has 1 aliphatic rings. The van der Waals surface area contributed by atoms with Crippen molar-refractivity contribution in [1.82, 2.24) is 10.2 Å². The van der Waals surface area contributed by atoms with Gasteiger partial charge in [-0.05, 0) is 50.5 Å². The number of likely N-dealkylation sites (tertiary alicyclic amines) is 1. The van der Waals surface area contributed by atoms with Gasteiger partial charge in [0.25, 0.3) is 11.8 Å². The number of benzene rings is 2. The molecule has 1 heterocycles. The summed E-state index contributed by atoms with van der Waals surface area (Å²) in [4.78, 5) is 26.8. The van der Waals surface area contributed by atoms with Gasteiger partial charge in [0.15, 0.2) is 18.1 Å². The Morgan fingerprint density at radius 2 is 1.62 bits per heavy atom. The second kappa shape index (κ2) is 9.96. The zero-order valence-electron chi connectivity index (χ0n) is 17.0. The van der Waals surface area contributed by atoms with Gasteiger partial charge < -0.3 is 19.7 Å². The Hall–Kier alpha value is -3.02. The zero-order valence-corrected chi connectivity index (χ0v) is 17.0. The number of ether oxygens (including phenoxy) is 2. The Morgan fingerprint density at radius 1 is 1.00 bits per heavy atom. The summed E-state index contributed by atoms with van der Waals surface area (Å²) in [5.74, 6) is 1.08. The number of amides is 2. The van der Waals surface area contributed by atoms with Crippen LogP contribution in [0.5, 0.6) is 11.5 Å². The van der Waals surface area contributed by atoms with Gasteiger partial charge in [-0.25, -0.2) is 0 Å². The summed E-state index contributed by atoms with van der Waals surface area (Å²) in [5.41, 5.74) is 1.73. The minimum atomic E-state index is -0.167. The number of nitrogens with zero attached hydrogens (tertiary/aromatic N) is 1. The monoisotopic (exact) mass is 396 g/mol. The van der Waals surface area contributed by atoms with Crippen LogP contribution in [0.15, 0.2) is 48.5 Å². The van der Waals surface area contributed by atoms with E-state index < -0.39 is 0 Å². The highest BCUT2D eigenvalue weighted by Crippen LogP contribution is 2.26. The van der Waals surface area contributed by atoms with Gasteiger partial charge in [-0.2, -0.15) is 0 Å². The number of nitrogens with one attached hydrogen (secondary N) is 1. The summed E-state index contributed by atoms with van der Waals surface area (Å²) >= 11 is 0. The van der Waals surface area contributed by atoms with Crippen LogP contribution in [-0.4, -0.2) is 49.1 Å². The topological polar surface area (TPSA) is 67.9 Å². The van der Waals surface area contributed by atoms with Gasteiger partial charge in [0, 0.05) is 24.7 Å². The summed E-state index contributed by atoms with van der Waals surface area (Å²) in [6.07, 6.45) is 1.47. The van der Waals surface area contributed by atoms with Crippen molar-refractivity contribution in [1.29, 1.82) is 0 Å². The lowest BCUT2D eigenvalue weighted by Gasteiger charge is -2.32. The van der Waals surface area contributed by atoms with Crippen molar-refractivity contribution in [2.75, 3.05) is 26.3 Å². The van der Waals surface area contributed by atoms with E-state index in [0.29, 0.717) is 31.2 Å². The Labute approximate surface area is 171 Å². The van der Waals surface area contributed by atoms with E-state index in [1.54, 1.807) is 6.07 Å². The predicted octanol–water partition coefficient (Wildman–Crippen LogP) is 3.19. The number of para-hydroxylation sites is 2. The average molecular weight is 396 g/mol. The molecule has 154 valence electrons. The molecule has 0 spiro atoms. The zero-order chi connectivity index (χ0) is 20.6. The van der Waals surface area contributed by atoms with E-state index in [-0.39, 0.29) is 24.5 Å². The van der Waals surface area contributed by atoms with Crippen LogP contribution in [0.25, 0.3) is 0 Å². The molecule has 0 bridgehead atoms. The first-order valence-corrected chi connectivity index (χ1v) is 10.1. The van der Waals surface area contributed by atoms with E-state index in [4.69, 9.17) is 9.47 Å². The average Bonchev–Trinajstić information content (AvgIpc) is 2.74. The van der Waals surface area contributed by atoms with Crippen LogP contribution < -0.4 is 14.8 Å². The first-order chi connectivity index (χ1) is 14.1. The molecule has 0 radical (unpaired) electrons. The molecule has 1 N–H and O–H groups in total. The maximum absolute atomic E-state index is 12.7. The van der Waals surface area contributed by atoms with Crippen molar-refractivity contribution in [2.24, 2.45) is 0 Å². The van der Waals surface area contributed by atoms with E-state index in [2.05, 4.69) is 5.32 Å². The molecule has 0 unspecified atom stereocenters. The Bertz CT molecular complexity index is 844. The van der Waals surface area contributed by atoms with Crippen LogP contribution in [0.1, 0.15) is 35.7 Å². The van der Waals surface area contributed by atoms with Gasteiger partial charge in [0.1, 0.15) is 0 Å². The SMILES string of the molecule is CCOc1ccccc1OCC(=O)NC1CCN(C(=O)c2ccccc2C)CC1. The smallest absolute Gasteiger partial charge is 0.258 e. The Balaban J connectivity index is 1.45. The van der Waals surface area contributed by atoms with E-state index in [9.17, 15) is 9.59 Å². The minimum Gasteiger partial charge on any atom is -0.490 e. The molecule has 0 aliphatic carbocycles. The van der Waals surface area contributed by atoms with Gasteiger partial charge in [-0.1, -0.05) is 30.3 Å². The number of carbonyl (C=O) groups excluding carboxylic acids is 2. The fourth-order valence-corrected chi connectivity index (χ4v) is 3.47. The van der Waals surface area contributed by atoms with Gasteiger partial charge in [0.05, 0.1) is 6.61 Å². The minimum absolute atomic E-state index is 0.0501. The second-order valence-corrected chi connectivity index (χ2v) is 7.12. The lowest BCUT2D eigenvalue weighted by Crippen LogP contribution is -2.47. The number of hydrogen-bond donors (Lipinski definition) is 1. The van der Waals surface area contributed by atoms with Gasteiger partial charge in [-0.3, -0.25) is 9.59 Å². The molecule has 0 aromatic heterocycles. The molecular weight excluding hydrogens is 368 g/mol. The lowest BCUT2D eigenvalue weighted by atomic mass is 10.0. The van der Waals surface area contributed by atoms with Crippen molar-refractivity contribution in [3.63, 3.8) is 0 Å². The number of carbonyl (C=O) groups is 2. The van der Waals surface area contributed by atoms with E-state index >= 15 is 0 Å². The Morgan fingerprint density at radius 3 is 2.28 bits per heavy atom. The van der Waals surface area contributed by atoms with Crippen molar-refractivity contribution < 1.29 is 19.1 Å². The van der Waals surface area contributed by atoms with Crippen LogP contribution in [0.2, 0.25) is 0 Å². The first kappa shape index (κ1) is 20.7. The highest BCUT2D eigenvalue weighted by atomic mass is 16.5. The van der Waals surface area contributed by atoms with Crippen molar-refractivity contribution in [3.8, 4) is 11.5 Å². The summed E-state index contributed by atoms with van der Waals surface area (Å²) in [7, 11) is 0. The quantitative estimate of drug-likeness (QED) is 0.780. The molecule has 29 heavy (non-hydrogen) atoms. The molecule has 3 rings (SSSR count). The maximum atomic E-state index is 12.7. The highest BCUT2D eigenvalue weighted by Gasteiger charge is 2.25. The molecule has 1 aliphatic heterocycles. The van der Waals surface area contributed by atoms with Gasteiger partial charge in [0.2, 0.25) is 0 Å². The van der Waals surface area contributed by atoms with Gasteiger partial charge in [-0.15, -0.1) is 0 Å². The normalized spacial score (nSPS) is 14.3. The number of aryl methyl sites for hydroxylation is 1. The third-order valence-electron chi connectivity index (χ3n) is 5.03. The first-order valence-electron chi connectivity index (χ1n) is 10.1. The molecule has 2 amide bonds. The molecule has 2 aromatic carbocycles. The third kappa shape index (κ3) is 5.50. The Kier molecular flexibility index (Phi) is 7.11. The second-order valence-electron chi connectivity index (χ2n) is 7.12. The molecule has 2 aromatic rings. The van der Waals surface area contributed by atoms with Crippen LogP contribution >= 0.6 is 0 Å². The molecule has 0 saturated carbocycles. The molecular formula is C23H28N2O4. The summed E-state index contributed by atoms with van der Waals surface area (Å²) in [6, 6.07) is 15.0. The van der Waals surface area contributed by atoms with Crippen LogP contribution in [0.4, 0.5) is 0 Å². The van der Waals surface area contributed by atoms with Crippen LogP contribution in [0.3, 0.4) is 0 Å². The standard InChI is InChI=1S/C23H28N2O4/c1-3-28-20-10-6-7-11-21(20)29-16-22(26)24-18-12-14-25(15-13-18)23(27)19-9-5-4-8-17(19)2/h4-11,18H,3,12-16H2,1-2H3,(H,24,26). The van der Waals surface area contributed by atoms with E-state index in [1.807, 2.05) is 61.2 Å². The molecule has 1 fully saturated rings. The molecule has 1 saturated heterocycles. The van der Waals surface area contributed by atoms with E-state index in [0.717, 1.165) is 24.0 Å². The van der Waals surface area contributed by atoms with Crippen molar-refractivity contribution in [3.05, 3.63) is 59.7 Å². The summed E-state index contributed by atoms with van der Waals surface area (Å²) in [6.45, 7) is 5.58. The fourth-order valence-electron chi connectivity index (χ4n) is 3.47. The third-order valence-corrected chi connectivity index (χ3v) is 5.03. The number of piperidine rings is 1. The predicted molar refractivity (Wildman–Crippen MR) is 111 cm³/mol. The molecule has 0 atom stereocenters. The van der Waals surface area contributed by atoms with Crippen LogP contribution in [0, 0.1) is 6.92 Å². The number of rotatable bonds is 7. The largest absolute Gasteiger partial charge is 0.490 e. The number of hydrogen-bond acceptors (Lipinski definition) is 4. The van der Waals surface area contributed by atoms with Crippen molar-refractivity contribution >= 4 is 11.8 Å². The maximum Gasteiger partial charge on any atom is 0.258 e. The van der Waals surface area contributed by atoms with Crippen molar-refractivity contribution in [2.45, 2.75) is 32.7 Å². The lowest BCUT2D eigenvalue weighted by molar-refractivity contribution is -0.124. The van der Waals surface area contributed by atoms with Gasteiger partial charge >= 0.3 is 0 Å². The summed E-state index contributed by atoms with van der Waals surface area (Å²) < 4.78 is 11.1. The molecule has 6 nitrogen and oxygen atoms in total.